The van der Waals surface area contributed by atoms with Gasteiger partial charge < -0.3 is 13.9 Å². The highest BCUT2D eigenvalue weighted by atomic mass is 16.3. The number of furan rings is 1. The van der Waals surface area contributed by atoms with Crippen molar-refractivity contribution in [1.29, 1.82) is 0 Å². The molecule has 0 aliphatic carbocycles. The van der Waals surface area contributed by atoms with Crippen LogP contribution in [0.4, 0.5) is 17.1 Å². The first-order valence-electron chi connectivity index (χ1n) is 20.2. The Morgan fingerprint density at radius 1 is 0.339 bits per heavy atom. The van der Waals surface area contributed by atoms with E-state index in [-0.39, 0.29) is 0 Å². The molecule has 0 amide bonds. The third-order valence-corrected chi connectivity index (χ3v) is 12.0. The average Bonchev–Trinajstić information content (AvgIpc) is 3.85. The van der Waals surface area contributed by atoms with Crippen molar-refractivity contribution in [3.63, 3.8) is 0 Å². The van der Waals surface area contributed by atoms with Gasteiger partial charge in [-0.2, -0.15) is 0 Å². The quantitative estimate of drug-likeness (QED) is 0.169. The summed E-state index contributed by atoms with van der Waals surface area (Å²) < 4.78 is 8.68. The molecule has 2 heterocycles. The van der Waals surface area contributed by atoms with Gasteiger partial charge in [0.25, 0.3) is 0 Å². The summed E-state index contributed by atoms with van der Waals surface area (Å²) in [5.74, 6) is 0. The number of benzene rings is 10. The van der Waals surface area contributed by atoms with Gasteiger partial charge in [-0.1, -0.05) is 152 Å². The summed E-state index contributed by atoms with van der Waals surface area (Å²) in [6, 6.07) is 78.8. The zero-order chi connectivity index (χ0) is 38.9. The first-order valence-corrected chi connectivity index (χ1v) is 20.2. The molecule has 0 N–H and O–H groups in total. The highest BCUT2D eigenvalue weighted by Gasteiger charge is 2.19. The molecule has 0 aliphatic heterocycles. The molecule has 276 valence electrons. The molecule has 0 fully saturated rings. The highest BCUT2D eigenvalue weighted by Crippen LogP contribution is 2.42. The number of anilines is 3. The highest BCUT2D eigenvalue weighted by molar-refractivity contribution is 6.19. The zero-order valence-electron chi connectivity index (χ0n) is 32.1. The van der Waals surface area contributed by atoms with Crippen LogP contribution in [0.5, 0.6) is 0 Å². The van der Waals surface area contributed by atoms with Gasteiger partial charge in [-0.15, -0.1) is 0 Å². The van der Waals surface area contributed by atoms with Crippen LogP contribution < -0.4 is 4.90 Å². The van der Waals surface area contributed by atoms with Crippen LogP contribution in [0.2, 0.25) is 0 Å². The van der Waals surface area contributed by atoms with Gasteiger partial charge in [0.2, 0.25) is 0 Å². The molecular formula is C56H36N2O. The fraction of sp³-hybridized carbons (Fsp3) is 0. The molecule has 12 rings (SSSR count). The molecule has 10 aromatic carbocycles. The van der Waals surface area contributed by atoms with Crippen LogP contribution in [0.25, 0.3) is 93.2 Å². The Kier molecular flexibility index (Phi) is 7.54. The Bertz CT molecular complexity index is 3540. The number of rotatable bonds is 6. The lowest BCUT2D eigenvalue weighted by Gasteiger charge is -2.27. The molecule has 0 radical (unpaired) electrons. The van der Waals surface area contributed by atoms with E-state index in [0.717, 1.165) is 55.8 Å². The van der Waals surface area contributed by atoms with E-state index in [2.05, 4.69) is 216 Å². The van der Waals surface area contributed by atoms with E-state index in [0.29, 0.717) is 0 Å². The van der Waals surface area contributed by atoms with Gasteiger partial charge in [-0.05, 0) is 99.8 Å². The van der Waals surface area contributed by atoms with E-state index < -0.39 is 0 Å². The maximum atomic E-state index is 6.24. The fourth-order valence-corrected chi connectivity index (χ4v) is 9.14. The van der Waals surface area contributed by atoms with Crippen molar-refractivity contribution < 1.29 is 4.42 Å². The summed E-state index contributed by atoms with van der Waals surface area (Å²) in [5.41, 5.74) is 13.3. The van der Waals surface area contributed by atoms with Gasteiger partial charge in [-0.25, -0.2) is 0 Å². The van der Waals surface area contributed by atoms with Crippen molar-refractivity contribution in [2.24, 2.45) is 0 Å². The van der Waals surface area contributed by atoms with E-state index in [4.69, 9.17) is 4.42 Å². The summed E-state index contributed by atoms with van der Waals surface area (Å²) >= 11 is 0. The SMILES string of the molecule is c1ccc(-n2c3cc(-c4ccc(N(c5ccc(-c6ccc7c(c6)oc6ccccc67)cc5)c5cccc6ccccc56)cc4)ccc3c3ccc4ccccc4c32)cc1. The van der Waals surface area contributed by atoms with E-state index in [9.17, 15) is 0 Å². The summed E-state index contributed by atoms with van der Waals surface area (Å²) in [6.45, 7) is 0. The van der Waals surface area contributed by atoms with Crippen molar-refractivity contribution in [3.05, 3.63) is 218 Å². The maximum absolute atomic E-state index is 6.24. The first-order chi connectivity index (χ1) is 29.2. The van der Waals surface area contributed by atoms with E-state index in [1.54, 1.807) is 0 Å². The van der Waals surface area contributed by atoms with Gasteiger partial charge in [0, 0.05) is 49.4 Å². The molecule has 3 heteroatoms. The molecule has 0 bridgehead atoms. The predicted octanol–water partition coefficient (Wildman–Crippen LogP) is 15.8. The number of aromatic nitrogens is 1. The Hall–Kier alpha value is -7.88. The lowest BCUT2D eigenvalue weighted by atomic mass is 10.0. The first kappa shape index (κ1) is 33.3. The van der Waals surface area contributed by atoms with Gasteiger partial charge in [0.1, 0.15) is 11.2 Å². The second-order valence-corrected chi connectivity index (χ2v) is 15.3. The number of para-hydroxylation sites is 2. The van der Waals surface area contributed by atoms with E-state index >= 15 is 0 Å². The minimum atomic E-state index is 0.902. The van der Waals surface area contributed by atoms with Gasteiger partial charge in [0.05, 0.1) is 16.7 Å². The summed E-state index contributed by atoms with van der Waals surface area (Å²) in [6.07, 6.45) is 0. The zero-order valence-corrected chi connectivity index (χ0v) is 32.1. The smallest absolute Gasteiger partial charge is 0.136 e. The minimum Gasteiger partial charge on any atom is -0.456 e. The number of nitrogens with zero attached hydrogens (tertiary/aromatic N) is 2. The topological polar surface area (TPSA) is 21.3 Å². The third kappa shape index (κ3) is 5.44. The Morgan fingerprint density at radius 2 is 0.881 bits per heavy atom. The largest absolute Gasteiger partial charge is 0.456 e. The summed E-state index contributed by atoms with van der Waals surface area (Å²) in [4.78, 5) is 2.37. The van der Waals surface area contributed by atoms with E-state index in [1.165, 1.54) is 54.5 Å². The van der Waals surface area contributed by atoms with E-state index in [1.807, 2.05) is 12.1 Å². The van der Waals surface area contributed by atoms with Crippen LogP contribution in [0.1, 0.15) is 0 Å². The molecule has 0 saturated carbocycles. The molecule has 0 atom stereocenters. The number of hydrogen-bond donors (Lipinski definition) is 0. The maximum Gasteiger partial charge on any atom is 0.136 e. The van der Waals surface area contributed by atoms with Crippen molar-refractivity contribution in [3.8, 4) is 27.9 Å². The van der Waals surface area contributed by atoms with Crippen molar-refractivity contribution >= 4 is 82.4 Å². The minimum absolute atomic E-state index is 0.902. The monoisotopic (exact) mass is 752 g/mol. The molecule has 59 heavy (non-hydrogen) atoms. The Morgan fingerprint density at radius 3 is 1.63 bits per heavy atom. The predicted molar refractivity (Wildman–Crippen MR) is 249 cm³/mol. The molecule has 2 aromatic heterocycles. The van der Waals surface area contributed by atoms with Crippen LogP contribution in [0.3, 0.4) is 0 Å². The van der Waals surface area contributed by atoms with Crippen LogP contribution in [-0.4, -0.2) is 4.57 Å². The molecule has 0 spiro atoms. The van der Waals surface area contributed by atoms with Crippen LogP contribution >= 0.6 is 0 Å². The number of hydrogen-bond acceptors (Lipinski definition) is 2. The van der Waals surface area contributed by atoms with Crippen molar-refractivity contribution in [2.75, 3.05) is 4.90 Å². The molecule has 0 saturated heterocycles. The lowest BCUT2D eigenvalue weighted by molar-refractivity contribution is 0.669. The fourth-order valence-electron chi connectivity index (χ4n) is 9.14. The van der Waals surface area contributed by atoms with Crippen LogP contribution in [-0.2, 0) is 0 Å². The Labute approximate surface area is 341 Å². The summed E-state index contributed by atoms with van der Waals surface area (Å²) in [5, 5.41) is 9.69. The molecule has 0 unspecified atom stereocenters. The van der Waals surface area contributed by atoms with Crippen LogP contribution in [0.15, 0.2) is 223 Å². The number of fused-ring (bicyclic) bond motifs is 9. The molecule has 0 aliphatic rings. The third-order valence-electron chi connectivity index (χ3n) is 12.0. The Balaban J connectivity index is 0.961. The second-order valence-electron chi connectivity index (χ2n) is 15.3. The van der Waals surface area contributed by atoms with Crippen molar-refractivity contribution in [1.82, 2.24) is 4.57 Å². The van der Waals surface area contributed by atoms with Gasteiger partial charge in [-0.3, -0.25) is 0 Å². The summed E-state index contributed by atoms with van der Waals surface area (Å²) in [7, 11) is 0. The molecular weight excluding hydrogens is 717 g/mol. The molecule has 12 aromatic rings. The molecule has 3 nitrogen and oxygen atoms in total. The standard InChI is InChI=1S/C56H36N2O/c1-2-14-43(15-3-1)58-53-35-41(26-32-48(53)51-34-25-40-12-5-7-17-47(40)56(51)58)37-21-28-44(29-22-37)57(52-19-10-13-39-11-4-6-16-46(39)52)45-30-23-38(24-31-45)42-27-33-50-49-18-8-9-20-54(49)59-55(50)36-42/h1-36H. The van der Waals surface area contributed by atoms with Gasteiger partial charge in [0.15, 0.2) is 0 Å². The van der Waals surface area contributed by atoms with Crippen molar-refractivity contribution in [2.45, 2.75) is 0 Å². The average molecular weight is 753 g/mol. The second kappa shape index (κ2) is 13.4. The lowest BCUT2D eigenvalue weighted by Crippen LogP contribution is -2.10. The van der Waals surface area contributed by atoms with Gasteiger partial charge >= 0.3 is 0 Å². The normalized spacial score (nSPS) is 11.7. The van der Waals surface area contributed by atoms with Crippen LogP contribution in [0, 0.1) is 0 Å².